The highest BCUT2D eigenvalue weighted by atomic mass is 32.2. The first-order valence-corrected chi connectivity index (χ1v) is 9.18. The van der Waals surface area contributed by atoms with Crippen LogP contribution >= 0.6 is 11.8 Å². The third kappa shape index (κ3) is 4.88. The molecule has 1 N–H and O–H groups in total. The number of thioether (sulfide) groups is 1. The lowest BCUT2D eigenvalue weighted by Crippen LogP contribution is -1.97. The van der Waals surface area contributed by atoms with Crippen LogP contribution in [0.1, 0.15) is 5.56 Å². The molecule has 0 saturated heterocycles. The lowest BCUT2D eigenvalue weighted by Gasteiger charge is -2.06. The summed E-state index contributed by atoms with van der Waals surface area (Å²) in [5, 5.41) is 17.6. The van der Waals surface area contributed by atoms with Crippen LogP contribution in [0, 0.1) is 0 Å². The van der Waals surface area contributed by atoms with Gasteiger partial charge in [0.15, 0.2) is 0 Å². The van der Waals surface area contributed by atoms with Crippen molar-refractivity contribution in [1.82, 2.24) is 10.2 Å². The lowest BCUT2D eigenvalue weighted by atomic mass is 10.2. The van der Waals surface area contributed by atoms with Gasteiger partial charge in [-0.15, -0.1) is 10.2 Å². The van der Waals surface area contributed by atoms with Gasteiger partial charge in [0, 0.05) is 17.2 Å². The summed E-state index contributed by atoms with van der Waals surface area (Å²) in [5.41, 5.74) is 1.21. The van der Waals surface area contributed by atoms with Crippen LogP contribution in [0.25, 0.3) is 17.5 Å². The van der Waals surface area contributed by atoms with E-state index in [9.17, 15) is 9.90 Å². The zero-order valence-corrected chi connectivity index (χ0v) is 16.7. The van der Waals surface area contributed by atoms with E-state index >= 15 is 0 Å². The number of para-hydroxylation sites is 1. The lowest BCUT2D eigenvalue weighted by molar-refractivity contribution is -0.131. The summed E-state index contributed by atoms with van der Waals surface area (Å²) < 4.78 is 21.4. The normalized spacial score (nSPS) is 11.2. The van der Waals surface area contributed by atoms with Crippen LogP contribution in [0.15, 0.2) is 57.0 Å². The topological polar surface area (TPSA) is 104 Å². The van der Waals surface area contributed by atoms with Gasteiger partial charge < -0.3 is 23.7 Å². The molecule has 150 valence electrons. The van der Waals surface area contributed by atoms with Crippen LogP contribution in [0.5, 0.6) is 17.2 Å². The summed E-state index contributed by atoms with van der Waals surface area (Å²) in [7, 11) is 4.60. The highest BCUT2D eigenvalue weighted by molar-refractivity contribution is 8.03. The molecule has 0 aliphatic carbocycles. The molecule has 0 bridgehead atoms. The predicted octanol–water partition coefficient (Wildman–Crippen LogP) is 3.98. The number of hydrogen-bond donors (Lipinski definition) is 1. The molecule has 29 heavy (non-hydrogen) atoms. The maximum Gasteiger partial charge on any atom is 0.342 e. The maximum atomic E-state index is 11.7. The van der Waals surface area contributed by atoms with Gasteiger partial charge in [0.1, 0.15) is 22.2 Å². The Hall–Kier alpha value is -3.46. The highest BCUT2D eigenvalue weighted by Crippen LogP contribution is 2.33. The number of aliphatic carboxylic acids is 1. The van der Waals surface area contributed by atoms with Crippen LogP contribution in [-0.2, 0) is 4.79 Å². The molecule has 1 aromatic heterocycles. The minimum atomic E-state index is -1.12. The number of ether oxygens (including phenoxy) is 3. The van der Waals surface area contributed by atoms with E-state index in [-0.39, 0.29) is 16.0 Å². The average Bonchev–Trinajstić information content (AvgIpc) is 3.21. The summed E-state index contributed by atoms with van der Waals surface area (Å²) in [4.78, 5) is 11.7. The molecule has 0 saturated carbocycles. The fourth-order valence-corrected chi connectivity index (χ4v) is 3.12. The fraction of sp³-hybridized carbons (Fsp3) is 0.150. The van der Waals surface area contributed by atoms with Crippen molar-refractivity contribution in [3.63, 3.8) is 0 Å². The van der Waals surface area contributed by atoms with Crippen molar-refractivity contribution < 1.29 is 28.5 Å². The van der Waals surface area contributed by atoms with Gasteiger partial charge in [-0.1, -0.05) is 18.2 Å². The minimum Gasteiger partial charge on any atom is -0.497 e. The molecule has 0 fully saturated rings. The van der Waals surface area contributed by atoms with Crippen LogP contribution in [0.4, 0.5) is 0 Å². The summed E-state index contributed by atoms with van der Waals surface area (Å²) in [6.07, 6.45) is 1.49. The Morgan fingerprint density at radius 3 is 2.34 bits per heavy atom. The molecule has 0 radical (unpaired) electrons. The second kappa shape index (κ2) is 9.16. The van der Waals surface area contributed by atoms with Crippen molar-refractivity contribution in [2.75, 3.05) is 21.3 Å². The van der Waals surface area contributed by atoms with Crippen LogP contribution in [0.2, 0.25) is 0 Å². The first kappa shape index (κ1) is 20.3. The molecular weight excluding hydrogens is 396 g/mol. The molecule has 1 heterocycles. The molecule has 0 aliphatic heterocycles. The zero-order valence-electron chi connectivity index (χ0n) is 15.9. The summed E-state index contributed by atoms with van der Waals surface area (Å²) in [6.45, 7) is 0. The number of carbonyl (C=O) groups is 1. The number of nitrogens with zero attached hydrogens (tertiary/aromatic N) is 2. The average molecular weight is 414 g/mol. The molecule has 0 amide bonds. The number of carboxylic acids is 1. The van der Waals surface area contributed by atoms with E-state index in [2.05, 4.69) is 10.2 Å². The third-order valence-corrected chi connectivity index (χ3v) is 4.69. The van der Waals surface area contributed by atoms with Crippen LogP contribution in [-0.4, -0.2) is 42.6 Å². The van der Waals surface area contributed by atoms with E-state index in [0.717, 1.165) is 11.8 Å². The molecule has 0 spiro atoms. The Balaban J connectivity index is 1.90. The Morgan fingerprint density at radius 1 is 1.03 bits per heavy atom. The molecule has 3 aromatic rings. The molecule has 8 nitrogen and oxygen atoms in total. The molecule has 0 aliphatic rings. The Bertz CT molecular complexity index is 1020. The van der Waals surface area contributed by atoms with Gasteiger partial charge in [-0.2, -0.15) is 0 Å². The quantitative estimate of drug-likeness (QED) is 0.433. The summed E-state index contributed by atoms with van der Waals surface area (Å²) >= 11 is 0.849. The molecule has 2 aromatic carbocycles. The van der Waals surface area contributed by atoms with Crippen molar-refractivity contribution in [3.8, 4) is 28.7 Å². The Kier molecular flexibility index (Phi) is 6.40. The van der Waals surface area contributed by atoms with Crippen molar-refractivity contribution in [1.29, 1.82) is 0 Å². The SMILES string of the molecule is COc1cc(OC)cc(-c2nnc(S/C(=C/c3ccccc3OC)C(=O)O)o2)c1. The fourth-order valence-electron chi connectivity index (χ4n) is 2.45. The first-order chi connectivity index (χ1) is 14.0. The Morgan fingerprint density at radius 2 is 1.72 bits per heavy atom. The minimum absolute atomic E-state index is 0.00734. The summed E-state index contributed by atoms with van der Waals surface area (Å²) in [6, 6.07) is 12.2. The molecule has 0 unspecified atom stereocenters. The zero-order chi connectivity index (χ0) is 20.8. The Labute approximate surface area is 171 Å². The van der Waals surface area contributed by atoms with Gasteiger partial charge in [0.05, 0.1) is 21.3 Å². The van der Waals surface area contributed by atoms with E-state index < -0.39 is 5.97 Å². The van der Waals surface area contributed by atoms with Gasteiger partial charge in [0.2, 0.25) is 5.89 Å². The highest BCUT2D eigenvalue weighted by Gasteiger charge is 2.17. The van der Waals surface area contributed by atoms with Crippen molar-refractivity contribution >= 4 is 23.8 Å². The van der Waals surface area contributed by atoms with E-state index in [1.54, 1.807) is 42.5 Å². The molecular formula is C20H18N2O6S. The first-order valence-electron chi connectivity index (χ1n) is 8.37. The van der Waals surface area contributed by atoms with Gasteiger partial charge in [-0.3, -0.25) is 0 Å². The smallest absolute Gasteiger partial charge is 0.342 e. The molecule has 3 rings (SSSR count). The second-order valence-corrected chi connectivity index (χ2v) is 6.63. The summed E-state index contributed by atoms with van der Waals surface area (Å²) in [5.74, 6) is 0.778. The van der Waals surface area contributed by atoms with Crippen molar-refractivity contribution in [2.45, 2.75) is 5.22 Å². The number of aromatic nitrogens is 2. The second-order valence-electron chi connectivity index (χ2n) is 5.63. The van der Waals surface area contributed by atoms with Crippen LogP contribution < -0.4 is 14.2 Å². The van der Waals surface area contributed by atoms with E-state index in [4.69, 9.17) is 18.6 Å². The number of benzene rings is 2. The van der Waals surface area contributed by atoms with Gasteiger partial charge in [-0.05, 0) is 36.0 Å². The van der Waals surface area contributed by atoms with E-state index in [1.165, 1.54) is 27.4 Å². The van der Waals surface area contributed by atoms with Crippen molar-refractivity contribution in [2.24, 2.45) is 0 Å². The number of methoxy groups -OCH3 is 3. The number of carboxylic acid groups (broad SMARTS) is 1. The monoisotopic (exact) mass is 414 g/mol. The third-order valence-electron chi connectivity index (χ3n) is 3.84. The van der Waals surface area contributed by atoms with Gasteiger partial charge in [-0.25, -0.2) is 4.79 Å². The van der Waals surface area contributed by atoms with Crippen molar-refractivity contribution in [3.05, 3.63) is 52.9 Å². The molecule has 9 heteroatoms. The maximum absolute atomic E-state index is 11.7. The van der Waals surface area contributed by atoms with Gasteiger partial charge in [0.25, 0.3) is 5.22 Å². The molecule has 0 atom stereocenters. The number of hydrogen-bond acceptors (Lipinski definition) is 8. The van der Waals surface area contributed by atoms with Gasteiger partial charge >= 0.3 is 5.97 Å². The standard InChI is InChI=1S/C20H18N2O6S/c1-25-14-8-13(9-15(11-14)26-2)18-21-22-20(28-18)29-17(19(23)24)10-12-6-4-5-7-16(12)27-3/h4-11H,1-3H3,(H,23,24)/b17-10+. The predicted molar refractivity (Wildman–Crippen MR) is 107 cm³/mol. The van der Waals surface area contributed by atoms with E-state index in [1.807, 2.05) is 0 Å². The largest absolute Gasteiger partial charge is 0.497 e. The van der Waals surface area contributed by atoms with Crippen LogP contribution in [0.3, 0.4) is 0 Å². The van der Waals surface area contributed by atoms with E-state index in [0.29, 0.717) is 28.4 Å². The number of rotatable bonds is 8.